The maximum Gasteiger partial charge on any atom is 0.164 e. The van der Waals surface area contributed by atoms with Crippen LogP contribution in [0.4, 0.5) is 0 Å². The van der Waals surface area contributed by atoms with Crippen LogP contribution in [0.3, 0.4) is 0 Å². The van der Waals surface area contributed by atoms with E-state index in [1.54, 1.807) is 6.26 Å². The number of aliphatic hydroxyl groups is 1. The smallest absolute Gasteiger partial charge is 0.164 e. The predicted octanol–water partition coefficient (Wildman–Crippen LogP) is 12.7. The van der Waals surface area contributed by atoms with Crippen LogP contribution in [-0.4, -0.2) is 20.9 Å². The summed E-state index contributed by atoms with van der Waals surface area (Å²) >= 11 is 0. The van der Waals surface area contributed by atoms with Crippen molar-refractivity contribution in [1.29, 1.82) is 0 Å². The average molecular weight is 866 g/mol. The fraction of sp³-hybridized carbons (Fsp3) is 0.444. The molecule has 6 heteroatoms. The van der Waals surface area contributed by atoms with Crippen molar-refractivity contribution in [2.75, 3.05) is 0 Å². The van der Waals surface area contributed by atoms with Gasteiger partial charge in [-0.15, -0.1) is 29.1 Å². The summed E-state index contributed by atoms with van der Waals surface area (Å²) in [7, 11) is 0. The number of aromatic nitrogens is 2. The summed E-state index contributed by atoms with van der Waals surface area (Å²) in [4.78, 5) is 21.9. The van der Waals surface area contributed by atoms with Crippen LogP contribution in [0.15, 0.2) is 83.3 Å². The SMILES string of the molecule is CC(C)Cc1nc(-c2ccnc(-c3[c-]c4ccccc4c(C(C)(C)C)c3)c2)cc2ccoc12.CCC(C)(CC)C(=O)/C=C(\O)C(C)(CC)CC.[Ir]. The summed E-state index contributed by atoms with van der Waals surface area (Å²) in [5.74, 6) is 0.783. The van der Waals surface area contributed by atoms with E-state index in [0.29, 0.717) is 5.92 Å². The Hall–Kier alpha value is -3.60. The number of hydrogen-bond donors (Lipinski definition) is 1. The molecule has 0 aliphatic heterocycles. The third kappa shape index (κ3) is 9.64. The van der Waals surface area contributed by atoms with Gasteiger partial charge in [-0.3, -0.25) is 9.78 Å². The van der Waals surface area contributed by atoms with Gasteiger partial charge in [-0.05, 0) is 67.2 Å². The number of allylic oxidation sites excluding steroid dienone is 2. The standard InChI is InChI=1S/C30H29N2O.C15H28O2.Ir/c1-19(2)14-28-29-22(11-13-33-29)18-27(32-28)21-10-12-31-26(17-21)23-15-20-8-6-7-9-24(20)25(16-23)30(3,4)5;1-7-14(5,8-2)12(16)11-13(17)15(6,9-3)10-4;/h6-13,16-19H,14H2,1-5H3;11,16H,7-10H2,1-6H3;/q-1;;/b;12-11-;. The van der Waals surface area contributed by atoms with Gasteiger partial charge in [0.15, 0.2) is 11.4 Å². The van der Waals surface area contributed by atoms with E-state index in [9.17, 15) is 9.90 Å². The van der Waals surface area contributed by atoms with Crippen molar-refractivity contribution in [2.45, 2.75) is 114 Å². The molecular formula is C45H57IrN2O3-. The quantitative estimate of drug-likeness (QED) is 0.0813. The minimum atomic E-state index is -0.337. The number of nitrogens with zero attached hydrogens (tertiary/aromatic N) is 2. The van der Waals surface area contributed by atoms with Gasteiger partial charge in [0.05, 0.1) is 17.7 Å². The Labute approximate surface area is 319 Å². The largest absolute Gasteiger partial charge is 0.512 e. The third-order valence-electron chi connectivity index (χ3n) is 10.6. The van der Waals surface area contributed by atoms with Crippen molar-refractivity contribution in [3.8, 4) is 22.5 Å². The van der Waals surface area contributed by atoms with Crippen molar-refractivity contribution in [3.63, 3.8) is 0 Å². The second-order valence-electron chi connectivity index (χ2n) is 15.6. The zero-order chi connectivity index (χ0) is 36.9. The van der Waals surface area contributed by atoms with Crippen molar-refractivity contribution in [2.24, 2.45) is 16.7 Å². The monoisotopic (exact) mass is 866 g/mol. The summed E-state index contributed by atoms with van der Waals surface area (Å²) in [6.45, 7) is 23.2. The van der Waals surface area contributed by atoms with Gasteiger partial charge < -0.3 is 9.52 Å². The van der Waals surface area contributed by atoms with Gasteiger partial charge in [-0.1, -0.05) is 111 Å². The first-order valence-corrected chi connectivity index (χ1v) is 18.3. The number of pyridine rings is 2. The van der Waals surface area contributed by atoms with Crippen LogP contribution in [0.25, 0.3) is 44.3 Å². The molecule has 5 nitrogen and oxygen atoms in total. The Morgan fingerprint density at radius 1 is 0.882 bits per heavy atom. The number of carbonyl (C=O) groups excluding carboxylic acids is 1. The van der Waals surface area contributed by atoms with E-state index >= 15 is 0 Å². The van der Waals surface area contributed by atoms with E-state index in [0.717, 1.165) is 76.7 Å². The van der Waals surface area contributed by atoms with Crippen molar-refractivity contribution in [3.05, 3.63) is 96.2 Å². The molecule has 0 aliphatic rings. The van der Waals surface area contributed by atoms with Crippen LogP contribution >= 0.6 is 0 Å². The minimum absolute atomic E-state index is 0. The van der Waals surface area contributed by atoms with Gasteiger partial charge in [0, 0.05) is 54.3 Å². The molecule has 5 rings (SSSR count). The van der Waals surface area contributed by atoms with Crippen molar-refractivity contribution >= 4 is 27.5 Å². The molecule has 0 atom stereocenters. The van der Waals surface area contributed by atoms with Crippen LogP contribution in [0.1, 0.15) is 113 Å². The Morgan fingerprint density at radius 2 is 1.53 bits per heavy atom. The normalized spacial score (nSPS) is 12.5. The van der Waals surface area contributed by atoms with E-state index < -0.39 is 0 Å². The predicted molar refractivity (Wildman–Crippen MR) is 209 cm³/mol. The zero-order valence-electron chi connectivity index (χ0n) is 32.5. The summed E-state index contributed by atoms with van der Waals surface area (Å²) < 4.78 is 5.74. The van der Waals surface area contributed by atoms with Crippen LogP contribution in [-0.2, 0) is 36.7 Å². The Balaban J connectivity index is 0.000000335. The van der Waals surface area contributed by atoms with Crippen LogP contribution in [0.2, 0.25) is 0 Å². The minimum Gasteiger partial charge on any atom is -0.512 e. The summed E-state index contributed by atoms with van der Waals surface area (Å²) in [6.07, 6.45) is 9.25. The zero-order valence-corrected chi connectivity index (χ0v) is 34.9. The molecule has 1 N–H and O–H groups in total. The summed E-state index contributed by atoms with van der Waals surface area (Å²) in [5.41, 5.74) is 6.51. The number of aliphatic hydroxyl groups excluding tert-OH is 1. The number of rotatable bonds is 11. The van der Waals surface area contributed by atoms with Crippen LogP contribution < -0.4 is 0 Å². The fourth-order valence-electron chi connectivity index (χ4n) is 6.13. The van der Waals surface area contributed by atoms with Gasteiger partial charge in [0.25, 0.3) is 0 Å². The molecule has 51 heavy (non-hydrogen) atoms. The molecule has 5 aromatic rings. The molecule has 1 radical (unpaired) electrons. The molecule has 0 unspecified atom stereocenters. The van der Waals surface area contributed by atoms with Gasteiger partial charge in [0.1, 0.15) is 5.76 Å². The second-order valence-corrected chi connectivity index (χ2v) is 15.6. The van der Waals surface area contributed by atoms with E-state index in [1.807, 2.05) is 59.9 Å². The van der Waals surface area contributed by atoms with Crippen molar-refractivity contribution in [1.82, 2.24) is 9.97 Å². The topological polar surface area (TPSA) is 76.2 Å². The molecular weight excluding hydrogens is 809 g/mol. The second kappa shape index (κ2) is 17.3. The first kappa shape index (κ1) is 41.8. The Bertz CT molecular complexity index is 1960. The maximum atomic E-state index is 12.2. The number of fused-ring (bicyclic) bond motifs is 2. The van der Waals surface area contributed by atoms with Gasteiger partial charge in [-0.25, -0.2) is 4.98 Å². The molecule has 3 heterocycles. The molecule has 0 saturated heterocycles. The molecule has 0 saturated carbocycles. The molecule has 0 bridgehead atoms. The molecule has 0 spiro atoms. The molecule has 0 fully saturated rings. The van der Waals surface area contributed by atoms with Gasteiger partial charge in [-0.2, -0.15) is 0 Å². The van der Waals surface area contributed by atoms with Gasteiger partial charge >= 0.3 is 0 Å². The van der Waals surface area contributed by atoms with E-state index in [1.165, 1.54) is 17.0 Å². The number of hydrogen-bond acceptors (Lipinski definition) is 5. The Kier molecular flexibility index (Phi) is 14.2. The first-order chi connectivity index (χ1) is 23.6. The molecule has 2 aromatic carbocycles. The number of furan rings is 1. The maximum absolute atomic E-state index is 12.2. The Morgan fingerprint density at radius 3 is 2.14 bits per heavy atom. The summed E-state index contributed by atoms with van der Waals surface area (Å²) in [6, 6.07) is 22.6. The third-order valence-corrected chi connectivity index (χ3v) is 10.6. The molecule has 275 valence electrons. The number of carbonyl (C=O) groups is 1. The van der Waals surface area contributed by atoms with Crippen LogP contribution in [0.5, 0.6) is 0 Å². The van der Waals surface area contributed by atoms with Crippen LogP contribution in [0, 0.1) is 22.8 Å². The fourth-order valence-corrected chi connectivity index (χ4v) is 6.13. The van der Waals surface area contributed by atoms with Crippen molar-refractivity contribution < 1.29 is 34.4 Å². The van der Waals surface area contributed by atoms with E-state index in [-0.39, 0.29) is 47.9 Å². The summed E-state index contributed by atoms with van der Waals surface area (Å²) in [5, 5.41) is 13.6. The molecule has 0 aliphatic carbocycles. The van der Waals surface area contributed by atoms with E-state index in [2.05, 4.69) is 83.1 Å². The van der Waals surface area contributed by atoms with E-state index in [4.69, 9.17) is 14.4 Å². The molecule has 3 aromatic heterocycles. The van der Waals surface area contributed by atoms with Gasteiger partial charge in [0.2, 0.25) is 0 Å². The first-order valence-electron chi connectivity index (χ1n) is 18.3. The average Bonchev–Trinajstić information content (AvgIpc) is 3.59. The molecule has 0 amide bonds. The number of ketones is 1. The number of benzene rings is 2.